The van der Waals surface area contributed by atoms with Crippen LogP contribution in [0.1, 0.15) is 36.6 Å². The highest BCUT2D eigenvalue weighted by Gasteiger charge is 2.28. The molecular formula is C23H25FN2O. The Labute approximate surface area is 159 Å². The summed E-state index contributed by atoms with van der Waals surface area (Å²) in [6.07, 6.45) is 3.95. The van der Waals surface area contributed by atoms with Crippen molar-refractivity contribution in [2.75, 3.05) is 6.54 Å². The predicted octanol–water partition coefficient (Wildman–Crippen LogP) is 4.65. The molecule has 0 saturated carbocycles. The largest absolute Gasteiger partial charge is 0.358 e. The molecule has 0 fully saturated rings. The molecule has 1 N–H and O–H groups in total. The van der Waals surface area contributed by atoms with E-state index in [9.17, 15) is 9.18 Å². The number of H-pyrrole nitrogens is 1. The van der Waals surface area contributed by atoms with Crippen LogP contribution in [-0.4, -0.2) is 28.4 Å². The number of hydrogen-bond acceptors (Lipinski definition) is 1. The van der Waals surface area contributed by atoms with Gasteiger partial charge in [0.15, 0.2) is 0 Å². The number of carbonyl (C=O) groups is 1. The van der Waals surface area contributed by atoms with E-state index in [4.69, 9.17) is 0 Å². The molecule has 4 heteroatoms. The van der Waals surface area contributed by atoms with Gasteiger partial charge in [0.2, 0.25) is 5.91 Å². The van der Waals surface area contributed by atoms with E-state index < -0.39 is 0 Å². The van der Waals surface area contributed by atoms with Gasteiger partial charge in [-0.25, -0.2) is 4.39 Å². The van der Waals surface area contributed by atoms with Gasteiger partial charge in [-0.3, -0.25) is 4.79 Å². The van der Waals surface area contributed by atoms with Crippen molar-refractivity contribution in [2.45, 2.75) is 45.1 Å². The highest BCUT2D eigenvalue weighted by Crippen LogP contribution is 2.31. The number of amides is 1. The summed E-state index contributed by atoms with van der Waals surface area (Å²) in [6, 6.07) is 15.2. The molecule has 27 heavy (non-hydrogen) atoms. The van der Waals surface area contributed by atoms with Crippen LogP contribution in [0.5, 0.6) is 0 Å². The minimum absolute atomic E-state index is 0.188. The molecule has 0 saturated heterocycles. The van der Waals surface area contributed by atoms with Crippen LogP contribution >= 0.6 is 0 Å². The van der Waals surface area contributed by atoms with Gasteiger partial charge in [-0.2, -0.15) is 0 Å². The van der Waals surface area contributed by atoms with Crippen molar-refractivity contribution in [1.82, 2.24) is 9.88 Å². The normalized spacial score (nSPS) is 16.3. The average Bonchev–Trinajstić information content (AvgIpc) is 3.05. The second kappa shape index (κ2) is 7.55. The third-order valence-corrected chi connectivity index (χ3v) is 5.70. The van der Waals surface area contributed by atoms with Crippen molar-refractivity contribution in [1.29, 1.82) is 0 Å². The first-order valence-electron chi connectivity index (χ1n) is 9.78. The number of rotatable bonds is 5. The number of hydrogen-bond donors (Lipinski definition) is 1. The number of carbonyl (C=O) groups excluding carboxylic acids is 1. The Kier molecular flexibility index (Phi) is 4.97. The molecule has 0 radical (unpaired) electrons. The zero-order chi connectivity index (χ0) is 18.8. The van der Waals surface area contributed by atoms with Crippen LogP contribution < -0.4 is 0 Å². The number of benzene rings is 2. The highest BCUT2D eigenvalue weighted by atomic mass is 19.1. The summed E-state index contributed by atoms with van der Waals surface area (Å²) in [4.78, 5) is 18.3. The van der Waals surface area contributed by atoms with E-state index >= 15 is 0 Å². The summed E-state index contributed by atoms with van der Waals surface area (Å²) in [5.74, 6) is -0.00136. The molecule has 0 bridgehead atoms. The first kappa shape index (κ1) is 17.8. The second-order valence-electron chi connectivity index (χ2n) is 7.33. The Morgan fingerprint density at radius 3 is 2.81 bits per heavy atom. The lowest BCUT2D eigenvalue weighted by atomic mass is 9.90. The van der Waals surface area contributed by atoms with Crippen LogP contribution in [0.2, 0.25) is 0 Å². The number of halogens is 1. The van der Waals surface area contributed by atoms with Crippen molar-refractivity contribution in [3.8, 4) is 0 Å². The molecule has 1 aromatic heterocycles. The predicted molar refractivity (Wildman–Crippen MR) is 106 cm³/mol. The topological polar surface area (TPSA) is 36.1 Å². The highest BCUT2D eigenvalue weighted by molar-refractivity contribution is 5.85. The van der Waals surface area contributed by atoms with Crippen LogP contribution in [0, 0.1) is 5.82 Å². The van der Waals surface area contributed by atoms with Gasteiger partial charge in [0.1, 0.15) is 5.82 Å². The molecule has 2 aromatic carbocycles. The molecule has 1 heterocycles. The Bertz CT molecular complexity index is 948. The van der Waals surface area contributed by atoms with Crippen LogP contribution in [0.4, 0.5) is 4.39 Å². The Hall–Kier alpha value is -2.62. The zero-order valence-electron chi connectivity index (χ0n) is 15.7. The van der Waals surface area contributed by atoms with Crippen LogP contribution in [0.25, 0.3) is 10.9 Å². The maximum Gasteiger partial charge on any atom is 0.223 e. The number of likely N-dealkylation sites (N-methyl/N-ethyl adjacent to an activating group) is 1. The molecule has 1 aliphatic rings. The van der Waals surface area contributed by atoms with E-state index in [0.717, 1.165) is 36.6 Å². The van der Waals surface area contributed by atoms with Crippen molar-refractivity contribution in [3.63, 3.8) is 0 Å². The third kappa shape index (κ3) is 3.61. The quantitative estimate of drug-likeness (QED) is 0.703. The number of nitrogens with zero attached hydrogens (tertiary/aromatic N) is 1. The van der Waals surface area contributed by atoms with Gasteiger partial charge in [0.05, 0.1) is 0 Å². The summed E-state index contributed by atoms with van der Waals surface area (Å²) < 4.78 is 13.7. The van der Waals surface area contributed by atoms with E-state index in [-0.39, 0.29) is 17.8 Å². The fourth-order valence-corrected chi connectivity index (χ4v) is 4.31. The molecule has 140 valence electrons. The zero-order valence-corrected chi connectivity index (χ0v) is 15.7. The van der Waals surface area contributed by atoms with Gasteiger partial charge in [-0.1, -0.05) is 30.3 Å². The van der Waals surface area contributed by atoms with Crippen LogP contribution in [0.3, 0.4) is 0 Å². The van der Waals surface area contributed by atoms with E-state index in [0.29, 0.717) is 13.0 Å². The van der Waals surface area contributed by atoms with Gasteiger partial charge < -0.3 is 9.88 Å². The molecule has 0 aliphatic heterocycles. The molecule has 3 nitrogen and oxygen atoms in total. The van der Waals surface area contributed by atoms with Crippen molar-refractivity contribution >= 4 is 16.8 Å². The van der Waals surface area contributed by atoms with Gasteiger partial charge in [0.25, 0.3) is 0 Å². The monoisotopic (exact) mass is 364 g/mol. The number of aryl methyl sites for hydroxylation is 2. The third-order valence-electron chi connectivity index (χ3n) is 5.70. The SMILES string of the molecule is CCN(C(=O)CCc1ccccc1)C1CCc2[nH]c3ccc(F)cc3c2C1. The lowest BCUT2D eigenvalue weighted by Crippen LogP contribution is -2.43. The van der Waals surface area contributed by atoms with E-state index in [2.05, 4.69) is 17.1 Å². The van der Waals surface area contributed by atoms with Gasteiger partial charge >= 0.3 is 0 Å². The van der Waals surface area contributed by atoms with Gasteiger partial charge in [-0.05, 0) is 61.9 Å². The van der Waals surface area contributed by atoms with Crippen LogP contribution in [-0.2, 0) is 24.1 Å². The summed E-state index contributed by atoms with van der Waals surface area (Å²) in [5.41, 5.74) is 4.55. The molecule has 3 aromatic rings. The standard InChI is InChI=1S/C23H25FN2O/c1-2-26(23(27)13-8-16-6-4-3-5-7-16)18-10-12-22-20(15-18)19-14-17(24)9-11-21(19)25-22/h3-7,9,11,14,18,25H,2,8,10,12-13,15H2,1H3. The van der Waals surface area contributed by atoms with Crippen molar-refractivity contribution in [2.24, 2.45) is 0 Å². The minimum Gasteiger partial charge on any atom is -0.358 e. The Balaban J connectivity index is 1.50. The van der Waals surface area contributed by atoms with Crippen LogP contribution in [0.15, 0.2) is 48.5 Å². The lowest BCUT2D eigenvalue weighted by molar-refractivity contribution is -0.133. The van der Waals surface area contributed by atoms with E-state index in [1.165, 1.54) is 22.9 Å². The number of aromatic nitrogens is 1. The average molecular weight is 364 g/mol. The summed E-state index contributed by atoms with van der Waals surface area (Å²) >= 11 is 0. The van der Waals surface area contributed by atoms with Crippen molar-refractivity contribution in [3.05, 3.63) is 71.2 Å². The Morgan fingerprint density at radius 2 is 2.04 bits per heavy atom. The number of aromatic amines is 1. The maximum absolute atomic E-state index is 13.7. The minimum atomic E-state index is -0.210. The van der Waals surface area contributed by atoms with Gasteiger partial charge in [-0.15, -0.1) is 0 Å². The van der Waals surface area contributed by atoms with Gasteiger partial charge in [0, 0.05) is 35.6 Å². The summed E-state index contributed by atoms with van der Waals surface area (Å²) in [6.45, 7) is 2.76. The molecule has 1 atom stereocenters. The summed E-state index contributed by atoms with van der Waals surface area (Å²) in [5, 5.41) is 0.961. The van der Waals surface area contributed by atoms with E-state index in [1.807, 2.05) is 30.0 Å². The molecule has 1 aliphatic carbocycles. The first-order chi connectivity index (χ1) is 13.2. The lowest BCUT2D eigenvalue weighted by Gasteiger charge is -2.34. The molecule has 1 unspecified atom stereocenters. The molecule has 0 spiro atoms. The van der Waals surface area contributed by atoms with Crippen molar-refractivity contribution < 1.29 is 9.18 Å². The maximum atomic E-state index is 13.7. The Morgan fingerprint density at radius 1 is 1.22 bits per heavy atom. The smallest absolute Gasteiger partial charge is 0.223 e. The number of fused-ring (bicyclic) bond motifs is 3. The molecule has 4 rings (SSSR count). The second-order valence-corrected chi connectivity index (χ2v) is 7.33. The summed E-state index contributed by atoms with van der Waals surface area (Å²) in [7, 11) is 0. The fourth-order valence-electron chi connectivity index (χ4n) is 4.31. The number of nitrogens with one attached hydrogen (secondary N) is 1. The van der Waals surface area contributed by atoms with E-state index in [1.54, 1.807) is 12.1 Å². The fraction of sp³-hybridized carbons (Fsp3) is 0.348. The molecule has 1 amide bonds. The first-order valence-corrected chi connectivity index (χ1v) is 9.78. The molecular weight excluding hydrogens is 339 g/mol.